The number of ether oxygens (including phenoxy) is 3. The van der Waals surface area contributed by atoms with Crippen LogP contribution in [-0.2, 0) is 22.6 Å². The normalized spacial score (nSPS) is 12.1. The van der Waals surface area contributed by atoms with Crippen LogP contribution in [0.2, 0.25) is 5.02 Å². The molecule has 0 atom stereocenters. The second-order valence-corrected chi connectivity index (χ2v) is 10.4. The largest absolute Gasteiger partial charge is 0.497 e. The second-order valence-electron chi connectivity index (χ2n) is 9.00. The van der Waals surface area contributed by atoms with Gasteiger partial charge < -0.3 is 24.4 Å². The van der Waals surface area contributed by atoms with Crippen molar-refractivity contribution >= 4 is 40.9 Å². The SMILES string of the molecule is COc1ccc(OC)c(-n2c(CNC(=O)COc3ccc(Cl)cc3)nnc2SCC(=O)N2CCc3ccccc32)c1. The minimum atomic E-state index is -0.343. The highest BCUT2D eigenvalue weighted by atomic mass is 35.5. The highest BCUT2D eigenvalue weighted by Crippen LogP contribution is 2.33. The molecule has 0 radical (unpaired) electrons. The van der Waals surface area contributed by atoms with E-state index in [1.165, 1.54) is 11.8 Å². The number of nitrogens with one attached hydrogen (secondary N) is 1. The summed E-state index contributed by atoms with van der Waals surface area (Å²) in [5.41, 5.74) is 2.71. The van der Waals surface area contributed by atoms with E-state index in [0.29, 0.717) is 45.5 Å². The summed E-state index contributed by atoms with van der Waals surface area (Å²) in [5.74, 6) is 1.90. The zero-order valence-electron chi connectivity index (χ0n) is 22.5. The lowest BCUT2D eigenvalue weighted by molar-refractivity contribution is -0.123. The maximum absolute atomic E-state index is 13.2. The summed E-state index contributed by atoms with van der Waals surface area (Å²) in [7, 11) is 3.13. The van der Waals surface area contributed by atoms with Crippen LogP contribution in [0.15, 0.2) is 71.9 Å². The Morgan fingerprint density at radius 2 is 1.76 bits per heavy atom. The van der Waals surface area contributed by atoms with Crippen LogP contribution < -0.4 is 24.4 Å². The van der Waals surface area contributed by atoms with Gasteiger partial charge in [-0.3, -0.25) is 14.2 Å². The summed E-state index contributed by atoms with van der Waals surface area (Å²) in [5, 5.41) is 12.6. The molecular formula is C29H28ClN5O5S. The Kier molecular flexibility index (Phi) is 8.95. The summed E-state index contributed by atoms with van der Waals surface area (Å²) in [6.45, 7) is 0.514. The Morgan fingerprint density at radius 3 is 2.54 bits per heavy atom. The zero-order chi connectivity index (χ0) is 28.8. The molecule has 0 spiro atoms. The maximum Gasteiger partial charge on any atom is 0.258 e. The summed E-state index contributed by atoms with van der Waals surface area (Å²) in [4.78, 5) is 27.6. The molecule has 0 aliphatic carbocycles. The van der Waals surface area contributed by atoms with E-state index in [-0.39, 0.29) is 30.7 Å². The second kappa shape index (κ2) is 13.0. The van der Waals surface area contributed by atoms with E-state index in [0.717, 1.165) is 17.7 Å². The van der Waals surface area contributed by atoms with Gasteiger partial charge >= 0.3 is 0 Å². The van der Waals surface area contributed by atoms with Crippen molar-refractivity contribution in [2.75, 3.05) is 38.0 Å². The molecule has 1 N–H and O–H groups in total. The van der Waals surface area contributed by atoms with Crippen LogP contribution in [0, 0.1) is 0 Å². The zero-order valence-corrected chi connectivity index (χ0v) is 24.1. The van der Waals surface area contributed by atoms with Crippen LogP contribution in [0.25, 0.3) is 5.69 Å². The molecule has 0 saturated carbocycles. The summed E-state index contributed by atoms with van der Waals surface area (Å²) >= 11 is 7.16. The molecule has 1 aromatic heterocycles. The molecule has 10 nitrogen and oxygen atoms in total. The maximum atomic E-state index is 13.2. The van der Waals surface area contributed by atoms with Crippen LogP contribution >= 0.6 is 23.4 Å². The highest BCUT2D eigenvalue weighted by molar-refractivity contribution is 7.99. The van der Waals surface area contributed by atoms with E-state index < -0.39 is 0 Å². The topological polar surface area (TPSA) is 108 Å². The van der Waals surface area contributed by atoms with Gasteiger partial charge in [-0.05, 0) is 54.4 Å². The van der Waals surface area contributed by atoms with Gasteiger partial charge in [0, 0.05) is 23.3 Å². The van der Waals surface area contributed by atoms with Crippen molar-refractivity contribution in [3.05, 3.63) is 83.1 Å². The third kappa shape index (κ3) is 6.58. The Hall–Kier alpha value is -4.22. The lowest BCUT2D eigenvalue weighted by atomic mass is 10.2. The minimum Gasteiger partial charge on any atom is -0.497 e. The van der Waals surface area contributed by atoms with Gasteiger partial charge in [0.05, 0.1) is 32.2 Å². The Bertz CT molecular complexity index is 1550. The van der Waals surface area contributed by atoms with Crippen molar-refractivity contribution in [3.63, 3.8) is 0 Å². The Balaban J connectivity index is 1.34. The predicted molar refractivity (Wildman–Crippen MR) is 156 cm³/mol. The van der Waals surface area contributed by atoms with Crippen LogP contribution in [0.3, 0.4) is 0 Å². The summed E-state index contributed by atoms with van der Waals surface area (Å²) < 4.78 is 18.4. The average molecular weight is 594 g/mol. The molecule has 0 unspecified atom stereocenters. The first-order chi connectivity index (χ1) is 20.0. The minimum absolute atomic E-state index is 0.0266. The number of aromatic nitrogens is 3. The molecule has 2 amide bonds. The third-order valence-electron chi connectivity index (χ3n) is 6.47. The molecule has 3 aromatic carbocycles. The van der Waals surface area contributed by atoms with Crippen LogP contribution in [0.4, 0.5) is 5.69 Å². The number of fused-ring (bicyclic) bond motifs is 1. The van der Waals surface area contributed by atoms with Gasteiger partial charge in [-0.25, -0.2) is 0 Å². The van der Waals surface area contributed by atoms with Crippen LogP contribution in [0.5, 0.6) is 17.2 Å². The molecular weight excluding hydrogens is 566 g/mol. The fourth-order valence-electron chi connectivity index (χ4n) is 4.43. The van der Waals surface area contributed by atoms with E-state index in [1.807, 2.05) is 24.3 Å². The molecule has 0 fully saturated rings. The van der Waals surface area contributed by atoms with Crippen molar-refractivity contribution in [2.45, 2.75) is 18.1 Å². The molecule has 5 rings (SSSR count). The molecule has 2 heterocycles. The molecule has 0 bridgehead atoms. The van der Waals surface area contributed by atoms with Gasteiger partial charge in [-0.15, -0.1) is 10.2 Å². The number of methoxy groups -OCH3 is 2. The third-order valence-corrected chi connectivity index (χ3v) is 7.63. The van der Waals surface area contributed by atoms with Crippen molar-refractivity contribution in [1.82, 2.24) is 20.1 Å². The van der Waals surface area contributed by atoms with Gasteiger partial charge in [-0.2, -0.15) is 0 Å². The number of carbonyl (C=O) groups excluding carboxylic acids is 2. The number of amides is 2. The fourth-order valence-corrected chi connectivity index (χ4v) is 5.40. The molecule has 41 heavy (non-hydrogen) atoms. The van der Waals surface area contributed by atoms with Gasteiger partial charge in [0.1, 0.15) is 17.2 Å². The number of halogens is 1. The van der Waals surface area contributed by atoms with E-state index >= 15 is 0 Å². The Labute approximate surface area is 246 Å². The van der Waals surface area contributed by atoms with Gasteiger partial charge in [0.25, 0.3) is 5.91 Å². The number of thioether (sulfide) groups is 1. The number of carbonyl (C=O) groups is 2. The standard InChI is InChI=1S/C29H28ClN5O5S/c1-38-22-11-12-25(39-2)24(15-22)35-26(16-31-27(36)17-40-21-9-7-20(30)8-10-21)32-33-29(35)41-18-28(37)34-14-13-19-5-3-4-6-23(19)34/h3-12,15H,13-14,16-18H2,1-2H3,(H,31,36). The quantitative estimate of drug-likeness (QED) is 0.256. The van der Waals surface area contributed by atoms with E-state index in [4.69, 9.17) is 25.8 Å². The lowest BCUT2D eigenvalue weighted by Gasteiger charge is -2.18. The number of para-hydroxylation sites is 1. The van der Waals surface area contributed by atoms with Crippen LogP contribution in [0.1, 0.15) is 11.4 Å². The van der Waals surface area contributed by atoms with Crippen molar-refractivity contribution in [2.24, 2.45) is 0 Å². The van der Waals surface area contributed by atoms with Gasteiger partial charge in [-0.1, -0.05) is 41.6 Å². The first kappa shape index (κ1) is 28.3. The molecule has 1 aliphatic heterocycles. The number of rotatable bonds is 11. The van der Waals surface area contributed by atoms with Crippen molar-refractivity contribution in [3.8, 4) is 22.9 Å². The molecule has 0 saturated heterocycles. The number of hydrogen-bond acceptors (Lipinski definition) is 8. The summed E-state index contributed by atoms with van der Waals surface area (Å²) in [6.07, 6.45) is 0.829. The number of anilines is 1. The first-order valence-electron chi connectivity index (χ1n) is 12.8. The fraction of sp³-hybridized carbons (Fsp3) is 0.241. The highest BCUT2D eigenvalue weighted by Gasteiger charge is 2.26. The van der Waals surface area contributed by atoms with E-state index in [2.05, 4.69) is 15.5 Å². The van der Waals surface area contributed by atoms with Gasteiger partial charge in [0.15, 0.2) is 17.6 Å². The predicted octanol–water partition coefficient (Wildman–Crippen LogP) is 4.31. The molecule has 1 aliphatic rings. The van der Waals surface area contributed by atoms with E-state index in [9.17, 15) is 9.59 Å². The van der Waals surface area contributed by atoms with Gasteiger partial charge in [0.2, 0.25) is 5.91 Å². The van der Waals surface area contributed by atoms with Crippen molar-refractivity contribution in [1.29, 1.82) is 0 Å². The molecule has 212 valence electrons. The summed E-state index contributed by atoms with van der Waals surface area (Å²) in [6, 6.07) is 20.0. The van der Waals surface area contributed by atoms with Crippen molar-refractivity contribution < 1.29 is 23.8 Å². The lowest BCUT2D eigenvalue weighted by Crippen LogP contribution is -2.30. The van der Waals surface area contributed by atoms with E-state index in [1.54, 1.807) is 66.2 Å². The molecule has 12 heteroatoms. The average Bonchev–Trinajstić information content (AvgIpc) is 3.62. The number of nitrogens with zero attached hydrogens (tertiary/aromatic N) is 4. The monoisotopic (exact) mass is 593 g/mol. The Morgan fingerprint density at radius 1 is 0.976 bits per heavy atom. The number of hydrogen-bond donors (Lipinski definition) is 1. The first-order valence-corrected chi connectivity index (χ1v) is 14.2. The smallest absolute Gasteiger partial charge is 0.258 e. The number of benzene rings is 3. The van der Waals surface area contributed by atoms with Crippen LogP contribution in [-0.4, -0.2) is 59.7 Å². The molecule has 4 aromatic rings.